The van der Waals surface area contributed by atoms with Crippen LogP contribution in [0.1, 0.15) is 77.7 Å². The molecule has 4 N–H and O–H groups in total. The van der Waals surface area contributed by atoms with Crippen LogP contribution in [0.15, 0.2) is 91.2 Å². The molecule has 8 nitrogen and oxygen atoms in total. The highest BCUT2D eigenvalue weighted by atomic mass is 16.5. The number of allylic oxidation sites excluding steroid dienone is 3. The van der Waals surface area contributed by atoms with Crippen molar-refractivity contribution in [1.29, 1.82) is 5.41 Å². The highest BCUT2D eigenvalue weighted by Crippen LogP contribution is 2.42. The molecule has 5 rings (SSSR count). The van der Waals surface area contributed by atoms with E-state index in [1.807, 2.05) is 17.0 Å². The molecule has 2 aromatic carbocycles. The number of hydrogen-bond donors (Lipinski definition) is 3. The fourth-order valence-electron chi connectivity index (χ4n) is 6.21. The van der Waals surface area contributed by atoms with Gasteiger partial charge in [0, 0.05) is 36.6 Å². The van der Waals surface area contributed by atoms with E-state index in [1.165, 1.54) is 6.42 Å². The number of carboxylic acid groups (broad SMARTS) is 1. The minimum atomic E-state index is -1.00. The van der Waals surface area contributed by atoms with Gasteiger partial charge in [0.2, 0.25) is 0 Å². The molecule has 4 unspecified atom stereocenters. The highest BCUT2D eigenvalue weighted by Gasteiger charge is 2.35. The molecule has 2 aromatic rings. The summed E-state index contributed by atoms with van der Waals surface area (Å²) in [5, 5.41) is 18.0. The summed E-state index contributed by atoms with van der Waals surface area (Å²) in [6, 6.07) is 13.0. The molecular formula is C33H36N4O4. The maximum Gasteiger partial charge on any atom is 0.335 e. The number of amidine groups is 1. The predicted molar refractivity (Wildman–Crippen MR) is 158 cm³/mol. The molecule has 0 radical (unpaired) electrons. The fourth-order valence-corrected chi connectivity index (χ4v) is 6.21. The Labute approximate surface area is 240 Å². The highest BCUT2D eigenvalue weighted by molar-refractivity contribution is 6.01. The molecule has 2 aliphatic heterocycles. The van der Waals surface area contributed by atoms with Gasteiger partial charge in [0.25, 0.3) is 0 Å². The Morgan fingerprint density at radius 1 is 1.10 bits per heavy atom. The summed E-state index contributed by atoms with van der Waals surface area (Å²) in [5.41, 5.74) is 9.69. The minimum Gasteiger partial charge on any atom is -0.478 e. The average molecular weight is 553 g/mol. The third kappa shape index (κ3) is 6.02. The van der Waals surface area contributed by atoms with Gasteiger partial charge in [0.15, 0.2) is 5.78 Å². The van der Waals surface area contributed by atoms with Crippen molar-refractivity contribution in [3.63, 3.8) is 0 Å². The number of benzene rings is 2. The van der Waals surface area contributed by atoms with E-state index in [0.717, 1.165) is 35.1 Å². The molecule has 0 saturated carbocycles. The lowest BCUT2D eigenvalue weighted by Crippen LogP contribution is -2.43. The molecule has 4 atom stereocenters. The number of carbonyl (C=O) groups is 2. The van der Waals surface area contributed by atoms with Crippen molar-refractivity contribution in [3.05, 3.63) is 119 Å². The van der Waals surface area contributed by atoms with E-state index >= 15 is 0 Å². The van der Waals surface area contributed by atoms with Gasteiger partial charge < -0.3 is 20.5 Å². The van der Waals surface area contributed by atoms with E-state index in [-0.39, 0.29) is 17.2 Å². The fraction of sp³-hybridized carbons (Fsp3) is 0.303. The zero-order valence-electron chi connectivity index (χ0n) is 23.4. The maximum absolute atomic E-state index is 13.5. The van der Waals surface area contributed by atoms with Gasteiger partial charge in [-0.1, -0.05) is 42.8 Å². The quantitative estimate of drug-likeness (QED) is 0.288. The van der Waals surface area contributed by atoms with E-state index in [2.05, 4.69) is 24.8 Å². The van der Waals surface area contributed by atoms with Gasteiger partial charge >= 0.3 is 5.97 Å². The number of carbonyl (C=O) groups excluding carboxylic acids is 1. The Bertz CT molecular complexity index is 1450. The lowest BCUT2D eigenvalue weighted by Gasteiger charge is -2.39. The molecule has 1 saturated heterocycles. The van der Waals surface area contributed by atoms with E-state index in [1.54, 1.807) is 67.4 Å². The van der Waals surface area contributed by atoms with Crippen molar-refractivity contribution in [3.8, 4) is 0 Å². The van der Waals surface area contributed by atoms with Crippen LogP contribution in [0.4, 0.5) is 0 Å². The van der Waals surface area contributed by atoms with Gasteiger partial charge in [0.05, 0.1) is 17.5 Å². The van der Waals surface area contributed by atoms with Crippen molar-refractivity contribution < 1.29 is 19.4 Å². The van der Waals surface area contributed by atoms with E-state index < -0.39 is 17.9 Å². The largest absolute Gasteiger partial charge is 0.478 e. The molecule has 0 amide bonds. The van der Waals surface area contributed by atoms with Gasteiger partial charge in [-0.2, -0.15) is 0 Å². The summed E-state index contributed by atoms with van der Waals surface area (Å²) in [4.78, 5) is 30.2. The molecule has 0 spiro atoms. The minimum absolute atomic E-state index is 0.0771. The molecule has 1 aliphatic carbocycles. The lowest BCUT2D eigenvalue weighted by atomic mass is 9.77. The van der Waals surface area contributed by atoms with Crippen LogP contribution in [0.3, 0.4) is 0 Å². The van der Waals surface area contributed by atoms with Crippen LogP contribution < -0.4 is 5.73 Å². The monoisotopic (exact) mass is 552 g/mol. The molecule has 0 bridgehead atoms. The van der Waals surface area contributed by atoms with Crippen molar-refractivity contribution in [2.24, 2.45) is 5.73 Å². The first kappa shape index (κ1) is 28.1. The first-order chi connectivity index (χ1) is 19.7. The Balaban J connectivity index is 1.63. The van der Waals surface area contributed by atoms with Crippen LogP contribution in [-0.4, -0.2) is 44.6 Å². The van der Waals surface area contributed by atoms with Crippen molar-refractivity contribution in [1.82, 2.24) is 9.80 Å². The zero-order valence-corrected chi connectivity index (χ0v) is 23.4. The summed E-state index contributed by atoms with van der Waals surface area (Å²) in [6.07, 6.45) is 15.3. The van der Waals surface area contributed by atoms with Crippen molar-refractivity contribution >= 4 is 17.6 Å². The number of rotatable bonds is 8. The normalized spacial score (nSPS) is 23.2. The first-order valence-corrected chi connectivity index (χ1v) is 14.0. The standard InChI is InChI=1S/C33H36N4O4/c1-21-6-3-7-22(2)37(21)20-23-16-26(19-27(17-23)33(39)40)31(36-12-14-41-15-13-36)28-10-5-11-29(38)30(28)24-8-4-9-25(18-24)32(34)35/h4-5,8-19,21-22,30-31H,3,6-7,20H2,1-2H3,(H3,34,35)(H,39,40). The molecule has 3 aliphatic rings. The van der Waals surface area contributed by atoms with Crippen LogP contribution in [0, 0.1) is 5.41 Å². The van der Waals surface area contributed by atoms with E-state index in [9.17, 15) is 14.7 Å². The number of piperidine rings is 1. The van der Waals surface area contributed by atoms with Crippen LogP contribution in [0.2, 0.25) is 0 Å². The number of nitrogens with one attached hydrogen (secondary N) is 1. The number of likely N-dealkylation sites (tertiary alicyclic amines) is 1. The van der Waals surface area contributed by atoms with Crippen LogP contribution in [0.25, 0.3) is 0 Å². The molecule has 1 fully saturated rings. The summed E-state index contributed by atoms with van der Waals surface area (Å²) < 4.78 is 5.32. The number of ether oxygens (including phenoxy) is 1. The van der Waals surface area contributed by atoms with Gasteiger partial charge in [-0.3, -0.25) is 15.1 Å². The second-order valence-corrected chi connectivity index (χ2v) is 11.0. The summed E-state index contributed by atoms with van der Waals surface area (Å²) in [7, 11) is 0. The predicted octanol–water partition coefficient (Wildman–Crippen LogP) is 5.60. The molecule has 8 heteroatoms. The number of nitrogen functional groups attached to an aromatic ring is 1. The van der Waals surface area contributed by atoms with Gasteiger partial charge in [0.1, 0.15) is 18.4 Å². The Kier molecular flexibility index (Phi) is 8.21. The lowest BCUT2D eigenvalue weighted by molar-refractivity contribution is -0.115. The van der Waals surface area contributed by atoms with E-state index in [0.29, 0.717) is 24.2 Å². The third-order valence-electron chi connectivity index (χ3n) is 8.25. The van der Waals surface area contributed by atoms with Crippen molar-refractivity contribution in [2.75, 3.05) is 0 Å². The SMILES string of the molecule is CC1CCCC(C)N1Cc1cc(C(=O)O)cc(C(C2=CC=CC(=O)C2c2cccc(C(=N)N)c2)N2C=COC=C2)c1. The number of ketones is 1. The van der Waals surface area contributed by atoms with Gasteiger partial charge in [-0.05, 0) is 73.2 Å². The topological polar surface area (TPSA) is 120 Å². The number of hydrogen-bond acceptors (Lipinski definition) is 6. The van der Waals surface area contributed by atoms with Gasteiger partial charge in [-0.15, -0.1) is 0 Å². The maximum atomic E-state index is 13.5. The molecule has 41 heavy (non-hydrogen) atoms. The Morgan fingerprint density at radius 3 is 2.51 bits per heavy atom. The Morgan fingerprint density at radius 2 is 1.83 bits per heavy atom. The number of carboxylic acids is 1. The van der Waals surface area contributed by atoms with Crippen LogP contribution in [0.5, 0.6) is 0 Å². The summed E-state index contributed by atoms with van der Waals surface area (Å²) >= 11 is 0. The van der Waals surface area contributed by atoms with Crippen LogP contribution in [-0.2, 0) is 16.1 Å². The molecular weight excluding hydrogens is 516 g/mol. The second kappa shape index (κ2) is 12.0. The average Bonchev–Trinajstić information content (AvgIpc) is 2.96. The molecule has 212 valence electrons. The number of nitrogens with two attached hydrogens (primary N) is 1. The van der Waals surface area contributed by atoms with Crippen LogP contribution >= 0.6 is 0 Å². The Hall–Kier alpha value is -4.43. The first-order valence-electron chi connectivity index (χ1n) is 14.0. The second-order valence-electron chi connectivity index (χ2n) is 11.0. The zero-order chi connectivity index (χ0) is 29.1. The molecule has 2 heterocycles. The van der Waals surface area contributed by atoms with Gasteiger partial charge in [-0.25, -0.2) is 4.79 Å². The number of aromatic carboxylic acids is 1. The molecule has 0 aromatic heterocycles. The van der Waals surface area contributed by atoms with E-state index in [4.69, 9.17) is 15.9 Å². The van der Waals surface area contributed by atoms with Crippen molar-refractivity contribution in [2.45, 2.75) is 63.7 Å². The smallest absolute Gasteiger partial charge is 0.335 e. The number of nitrogens with zero attached hydrogens (tertiary/aromatic N) is 2. The summed E-state index contributed by atoms with van der Waals surface area (Å²) in [6.45, 7) is 5.10. The third-order valence-corrected chi connectivity index (χ3v) is 8.25. The summed E-state index contributed by atoms with van der Waals surface area (Å²) in [5.74, 6) is -1.82.